The zero-order valence-corrected chi connectivity index (χ0v) is 15.9. The first kappa shape index (κ1) is 16.9. The van der Waals surface area contributed by atoms with Crippen molar-refractivity contribution in [3.8, 4) is 22.8 Å². The summed E-state index contributed by atoms with van der Waals surface area (Å²) in [6.45, 7) is 2.28. The van der Waals surface area contributed by atoms with E-state index in [0.29, 0.717) is 5.75 Å². The van der Waals surface area contributed by atoms with Crippen LogP contribution >= 0.6 is 0 Å². The molecule has 0 unspecified atom stereocenters. The molecule has 0 bridgehead atoms. The molecule has 1 amide bonds. The predicted molar refractivity (Wildman–Crippen MR) is 105 cm³/mol. The van der Waals surface area contributed by atoms with E-state index in [1.165, 1.54) is 0 Å². The van der Waals surface area contributed by atoms with Crippen molar-refractivity contribution >= 4 is 11.6 Å². The Labute approximate surface area is 163 Å². The second-order valence-corrected chi connectivity index (χ2v) is 7.51. The SMILES string of the molecule is Cc1ccc(NC(=O)C2(c3ccc4c(c3)OCO4)CC2)cc1-c1ccn(C)n1. The Morgan fingerprint density at radius 1 is 1.11 bits per heavy atom. The molecule has 6 heteroatoms. The van der Waals surface area contributed by atoms with Crippen LogP contribution < -0.4 is 14.8 Å². The second-order valence-electron chi connectivity index (χ2n) is 7.51. The third-order valence-electron chi connectivity index (χ3n) is 5.59. The summed E-state index contributed by atoms with van der Waals surface area (Å²) in [4.78, 5) is 13.1. The maximum atomic E-state index is 13.1. The Bertz CT molecular complexity index is 1080. The van der Waals surface area contributed by atoms with Gasteiger partial charge in [0.1, 0.15) is 0 Å². The third kappa shape index (κ3) is 2.72. The number of carbonyl (C=O) groups excluding carboxylic acids is 1. The summed E-state index contributed by atoms with van der Waals surface area (Å²) in [6, 6.07) is 13.7. The monoisotopic (exact) mass is 375 g/mol. The number of nitrogens with one attached hydrogen (secondary N) is 1. The van der Waals surface area contributed by atoms with Crippen LogP contribution in [-0.2, 0) is 17.3 Å². The molecule has 6 nitrogen and oxygen atoms in total. The van der Waals surface area contributed by atoms with E-state index >= 15 is 0 Å². The molecule has 142 valence electrons. The van der Waals surface area contributed by atoms with Gasteiger partial charge < -0.3 is 14.8 Å². The van der Waals surface area contributed by atoms with Gasteiger partial charge in [-0.05, 0) is 61.2 Å². The number of rotatable bonds is 4. The van der Waals surface area contributed by atoms with Crippen molar-refractivity contribution in [1.82, 2.24) is 9.78 Å². The number of anilines is 1. The van der Waals surface area contributed by atoms with Gasteiger partial charge in [-0.25, -0.2) is 0 Å². The zero-order valence-electron chi connectivity index (χ0n) is 15.9. The van der Waals surface area contributed by atoms with Gasteiger partial charge in [0, 0.05) is 24.5 Å². The van der Waals surface area contributed by atoms with Crippen molar-refractivity contribution < 1.29 is 14.3 Å². The molecule has 2 aromatic carbocycles. The lowest BCUT2D eigenvalue weighted by Gasteiger charge is -2.17. The second kappa shape index (κ2) is 6.12. The number of fused-ring (bicyclic) bond motifs is 1. The standard InChI is InChI=1S/C22H21N3O3/c1-14-3-5-16(12-17(14)18-7-10-25(2)24-18)23-21(26)22(8-9-22)15-4-6-19-20(11-15)28-13-27-19/h3-7,10-12H,8-9,13H2,1-2H3,(H,23,26). The first-order chi connectivity index (χ1) is 13.5. The van der Waals surface area contributed by atoms with Gasteiger partial charge in [0.05, 0.1) is 11.1 Å². The van der Waals surface area contributed by atoms with Crippen molar-refractivity contribution in [2.45, 2.75) is 25.2 Å². The minimum absolute atomic E-state index is 0.0159. The average Bonchev–Trinajstić information content (AvgIpc) is 3.18. The quantitative estimate of drug-likeness (QED) is 0.753. The maximum Gasteiger partial charge on any atom is 0.235 e. The van der Waals surface area contributed by atoms with Crippen LogP contribution in [0.15, 0.2) is 48.7 Å². The molecule has 1 N–H and O–H groups in total. The first-order valence-corrected chi connectivity index (χ1v) is 9.37. The normalized spacial score (nSPS) is 16.1. The van der Waals surface area contributed by atoms with Crippen molar-refractivity contribution in [2.75, 3.05) is 12.1 Å². The highest BCUT2D eigenvalue weighted by Crippen LogP contribution is 2.51. The molecule has 3 aromatic rings. The molecule has 28 heavy (non-hydrogen) atoms. The van der Waals surface area contributed by atoms with Gasteiger partial charge >= 0.3 is 0 Å². The molecule has 5 rings (SSSR count). The van der Waals surface area contributed by atoms with Crippen LogP contribution in [0.3, 0.4) is 0 Å². The summed E-state index contributed by atoms with van der Waals surface area (Å²) in [5, 5.41) is 7.59. The molecule has 1 aliphatic carbocycles. The lowest BCUT2D eigenvalue weighted by molar-refractivity contribution is -0.118. The van der Waals surface area contributed by atoms with Gasteiger partial charge in [-0.3, -0.25) is 9.48 Å². The van der Waals surface area contributed by atoms with Gasteiger partial charge in [-0.15, -0.1) is 0 Å². The molecule has 1 aromatic heterocycles. The highest BCUT2D eigenvalue weighted by atomic mass is 16.7. The van der Waals surface area contributed by atoms with Crippen LogP contribution in [0, 0.1) is 6.92 Å². The summed E-state index contributed by atoms with van der Waals surface area (Å²) in [6.07, 6.45) is 3.58. The molecule has 0 atom stereocenters. The number of amides is 1. The molecular weight excluding hydrogens is 354 g/mol. The predicted octanol–water partition coefficient (Wildman–Crippen LogP) is 3.79. The van der Waals surface area contributed by atoms with Gasteiger partial charge in [-0.1, -0.05) is 12.1 Å². The Kier molecular flexibility index (Phi) is 3.69. The largest absolute Gasteiger partial charge is 0.454 e. The number of aryl methyl sites for hydroxylation is 2. The molecule has 1 aliphatic heterocycles. The summed E-state index contributed by atoms with van der Waals surface area (Å²) >= 11 is 0. The average molecular weight is 375 g/mol. The van der Waals surface area contributed by atoms with Crippen LogP contribution in [-0.4, -0.2) is 22.5 Å². The van der Waals surface area contributed by atoms with E-state index in [1.54, 1.807) is 4.68 Å². The van der Waals surface area contributed by atoms with Crippen molar-refractivity contribution in [3.05, 3.63) is 59.8 Å². The van der Waals surface area contributed by atoms with Gasteiger partial charge in [0.2, 0.25) is 12.7 Å². The number of nitrogens with zero attached hydrogens (tertiary/aromatic N) is 2. The van der Waals surface area contributed by atoms with Crippen molar-refractivity contribution in [1.29, 1.82) is 0 Å². The highest BCUT2D eigenvalue weighted by Gasteiger charge is 2.51. The summed E-state index contributed by atoms with van der Waals surface area (Å²) < 4.78 is 12.6. The van der Waals surface area contributed by atoms with Gasteiger partial charge in [-0.2, -0.15) is 5.10 Å². The van der Waals surface area contributed by atoms with E-state index in [-0.39, 0.29) is 12.7 Å². The van der Waals surface area contributed by atoms with E-state index in [4.69, 9.17) is 9.47 Å². The van der Waals surface area contributed by atoms with Gasteiger partial charge in [0.15, 0.2) is 11.5 Å². The first-order valence-electron chi connectivity index (χ1n) is 9.37. The number of benzene rings is 2. The molecular formula is C22H21N3O3. The number of hydrogen-bond acceptors (Lipinski definition) is 4. The Balaban J connectivity index is 1.41. The molecule has 1 saturated carbocycles. The summed E-state index contributed by atoms with van der Waals surface area (Å²) in [5.74, 6) is 1.46. The van der Waals surface area contributed by atoms with Crippen molar-refractivity contribution in [2.24, 2.45) is 7.05 Å². The van der Waals surface area contributed by atoms with Crippen LogP contribution in [0.1, 0.15) is 24.0 Å². The Morgan fingerprint density at radius 2 is 1.93 bits per heavy atom. The molecule has 2 aliphatic rings. The number of carbonyl (C=O) groups is 1. The molecule has 1 fully saturated rings. The molecule has 0 spiro atoms. The van der Waals surface area contributed by atoms with Crippen LogP contribution in [0.4, 0.5) is 5.69 Å². The maximum absolute atomic E-state index is 13.1. The minimum Gasteiger partial charge on any atom is -0.454 e. The Hall–Kier alpha value is -3.28. The van der Waals surface area contributed by atoms with Crippen LogP contribution in [0.5, 0.6) is 11.5 Å². The molecule has 2 heterocycles. The third-order valence-corrected chi connectivity index (χ3v) is 5.59. The fourth-order valence-electron chi connectivity index (χ4n) is 3.75. The number of aromatic nitrogens is 2. The van der Waals surface area contributed by atoms with Gasteiger partial charge in [0.25, 0.3) is 0 Å². The lowest BCUT2D eigenvalue weighted by atomic mass is 9.94. The van der Waals surface area contributed by atoms with Crippen molar-refractivity contribution in [3.63, 3.8) is 0 Å². The number of hydrogen-bond donors (Lipinski definition) is 1. The topological polar surface area (TPSA) is 65.4 Å². The van der Waals surface area contributed by atoms with E-state index in [1.807, 2.05) is 62.6 Å². The zero-order chi connectivity index (χ0) is 19.3. The molecule has 0 saturated heterocycles. The van der Waals surface area contributed by atoms with Crippen LogP contribution in [0.25, 0.3) is 11.3 Å². The lowest BCUT2D eigenvalue weighted by Crippen LogP contribution is -2.27. The molecule has 0 radical (unpaired) electrons. The fourth-order valence-corrected chi connectivity index (χ4v) is 3.75. The number of ether oxygens (including phenoxy) is 2. The Morgan fingerprint density at radius 3 is 2.68 bits per heavy atom. The van der Waals surface area contributed by atoms with Crippen LogP contribution in [0.2, 0.25) is 0 Å². The van der Waals surface area contributed by atoms with E-state index in [9.17, 15) is 4.79 Å². The van der Waals surface area contributed by atoms with E-state index < -0.39 is 5.41 Å². The summed E-state index contributed by atoms with van der Waals surface area (Å²) in [7, 11) is 1.90. The minimum atomic E-state index is -0.489. The highest BCUT2D eigenvalue weighted by molar-refractivity contribution is 6.02. The fraction of sp³-hybridized carbons (Fsp3) is 0.273. The smallest absolute Gasteiger partial charge is 0.235 e. The summed E-state index contributed by atoms with van der Waals surface area (Å²) in [5.41, 5.74) is 4.30. The van der Waals surface area contributed by atoms with E-state index in [2.05, 4.69) is 10.4 Å². The van der Waals surface area contributed by atoms with E-state index in [0.717, 1.165) is 46.7 Å².